The van der Waals surface area contributed by atoms with Gasteiger partial charge in [-0.3, -0.25) is 9.79 Å². The van der Waals surface area contributed by atoms with E-state index in [0.717, 1.165) is 30.5 Å². The number of esters is 1. The second kappa shape index (κ2) is 7.21. The Morgan fingerprint density at radius 3 is 2.84 bits per heavy atom. The molecule has 0 radical (unpaired) electrons. The lowest BCUT2D eigenvalue weighted by Gasteiger charge is -2.35. The minimum Gasteiger partial charge on any atom is -0.508 e. The molecule has 0 saturated heterocycles. The van der Waals surface area contributed by atoms with Crippen molar-refractivity contribution in [1.29, 1.82) is 0 Å². The van der Waals surface area contributed by atoms with Crippen molar-refractivity contribution in [3.05, 3.63) is 41.1 Å². The molecule has 3 rings (SSSR count). The number of phenolic OH excluding ortho intramolecular Hbond substituents is 1. The number of carbonyl (C=O) groups is 2. The topological polar surface area (TPSA) is 76.0 Å². The summed E-state index contributed by atoms with van der Waals surface area (Å²) in [5, 5.41) is 9.89. The summed E-state index contributed by atoms with van der Waals surface area (Å²) in [5.41, 5.74) is 2.63. The van der Waals surface area contributed by atoms with Gasteiger partial charge in [0.1, 0.15) is 11.5 Å². The van der Waals surface area contributed by atoms with E-state index in [4.69, 9.17) is 4.74 Å². The van der Waals surface area contributed by atoms with E-state index in [9.17, 15) is 14.7 Å². The number of ether oxygens (including phenoxy) is 1. The van der Waals surface area contributed by atoms with Crippen molar-refractivity contribution in [3.63, 3.8) is 0 Å². The second-order valence-electron chi connectivity index (χ2n) is 6.61. The van der Waals surface area contributed by atoms with E-state index in [1.807, 2.05) is 13.0 Å². The number of hydrogen-bond donors (Lipinski definition) is 1. The molecule has 0 bridgehead atoms. The van der Waals surface area contributed by atoms with Crippen LogP contribution in [0.2, 0.25) is 0 Å². The summed E-state index contributed by atoms with van der Waals surface area (Å²) in [5.74, 6) is -1.09. The molecule has 25 heavy (non-hydrogen) atoms. The first kappa shape index (κ1) is 17.4. The maximum absolute atomic E-state index is 12.7. The number of hydrogen-bond acceptors (Lipinski definition) is 5. The van der Waals surface area contributed by atoms with Crippen LogP contribution in [0.25, 0.3) is 0 Å². The molecule has 1 saturated carbocycles. The van der Waals surface area contributed by atoms with Gasteiger partial charge in [0.05, 0.1) is 18.1 Å². The zero-order chi connectivity index (χ0) is 18.0. The maximum atomic E-state index is 12.7. The predicted octanol–water partition coefficient (Wildman–Crippen LogP) is 3.53. The lowest BCUT2D eigenvalue weighted by molar-refractivity contribution is -0.139. The van der Waals surface area contributed by atoms with Crippen LogP contribution in [0.15, 0.2) is 40.5 Å². The van der Waals surface area contributed by atoms with Crippen LogP contribution < -0.4 is 0 Å². The van der Waals surface area contributed by atoms with Crippen LogP contribution >= 0.6 is 0 Å². The number of Topliss-reactive ketones (excluding diaryl/α,β-unsaturated/α-hetero) is 1. The van der Waals surface area contributed by atoms with Crippen LogP contribution in [0.4, 0.5) is 0 Å². The SMILES string of the molecule is CCCOC(=O)C1=C(C)N=C2CCCC(=O)C2C1c1cccc(O)c1. The van der Waals surface area contributed by atoms with Gasteiger partial charge in [-0.1, -0.05) is 19.1 Å². The quantitative estimate of drug-likeness (QED) is 0.850. The molecule has 1 aromatic rings. The number of allylic oxidation sites excluding steroid dienone is 1. The molecule has 1 aromatic carbocycles. The summed E-state index contributed by atoms with van der Waals surface area (Å²) in [4.78, 5) is 29.9. The molecule has 5 heteroatoms. The summed E-state index contributed by atoms with van der Waals surface area (Å²) in [6.07, 6.45) is 2.78. The first-order valence-electron chi connectivity index (χ1n) is 8.80. The monoisotopic (exact) mass is 341 g/mol. The summed E-state index contributed by atoms with van der Waals surface area (Å²) >= 11 is 0. The van der Waals surface area contributed by atoms with Crippen LogP contribution in [0.3, 0.4) is 0 Å². The third-order valence-corrected chi connectivity index (χ3v) is 4.79. The Kier molecular flexibility index (Phi) is 5.02. The van der Waals surface area contributed by atoms with Crippen molar-refractivity contribution < 1.29 is 19.4 Å². The molecule has 2 aliphatic rings. The number of carbonyl (C=O) groups excluding carboxylic acids is 2. The summed E-state index contributed by atoms with van der Waals surface area (Å²) in [6.45, 7) is 4.06. The minimum absolute atomic E-state index is 0.103. The van der Waals surface area contributed by atoms with Gasteiger partial charge in [-0.2, -0.15) is 0 Å². The van der Waals surface area contributed by atoms with Crippen molar-refractivity contribution in [1.82, 2.24) is 0 Å². The number of rotatable bonds is 4. The molecule has 0 spiro atoms. The molecule has 1 aliphatic heterocycles. The van der Waals surface area contributed by atoms with Gasteiger partial charge in [-0.15, -0.1) is 0 Å². The van der Waals surface area contributed by atoms with Gasteiger partial charge in [0.2, 0.25) is 0 Å². The molecular formula is C20H23NO4. The van der Waals surface area contributed by atoms with E-state index in [-0.39, 0.29) is 11.5 Å². The molecule has 2 unspecified atom stereocenters. The highest BCUT2D eigenvalue weighted by Crippen LogP contribution is 2.43. The first-order chi connectivity index (χ1) is 12.0. The van der Waals surface area contributed by atoms with Crippen LogP contribution in [-0.4, -0.2) is 29.2 Å². The third kappa shape index (κ3) is 3.36. The number of nitrogens with zero attached hydrogens (tertiary/aromatic N) is 1. The van der Waals surface area contributed by atoms with Crippen LogP contribution in [-0.2, 0) is 14.3 Å². The fraction of sp³-hybridized carbons (Fsp3) is 0.450. The summed E-state index contributed by atoms with van der Waals surface area (Å²) < 4.78 is 5.36. The van der Waals surface area contributed by atoms with E-state index in [1.54, 1.807) is 25.1 Å². The molecule has 1 fully saturated rings. The normalized spacial score (nSPS) is 23.1. The highest BCUT2D eigenvalue weighted by molar-refractivity contribution is 6.11. The summed E-state index contributed by atoms with van der Waals surface area (Å²) in [7, 11) is 0. The molecule has 132 valence electrons. The highest BCUT2D eigenvalue weighted by atomic mass is 16.5. The van der Waals surface area contributed by atoms with Gasteiger partial charge < -0.3 is 9.84 Å². The van der Waals surface area contributed by atoms with Crippen molar-refractivity contribution >= 4 is 17.5 Å². The largest absolute Gasteiger partial charge is 0.508 e. The highest BCUT2D eigenvalue weighted by Gasteiger charge is 2.43. The van der Waals surface area contributed by atoms with Crippen molar-refractivity contribution in [2.45, 2.75) is 45.4 Å². The summed E-state index contributed by atoms with van der Waals surface area (Å²) in [6, 6.07) is 6.77. The second-order valence-corrected chi connectivity index (χ2v) is 6.61. The molecular weight excluding hydrogens is 318 g/mol. The Morgan fingerprint density at radius 2 is 2.12 bits per heavy atom. The smallest absolute Gasteiger partial charge is 0.336 e. The fourth-order valence-corrected chi connectivity index (χ4v) is 3.74. The van der Waals surface area contributed by atoms with Crippen LogP contribution in [0.1, 0.15) is 51.0 Å². The third-order valence-electron chi connectivity index (χ3n) is 4.79. The number of aliphatic imine (C=N–C) groups is 1. The molecule has 2 atom stereocenters. The zero-order valence-corrected chi connectivity index (χ0v) is 14.6. The zero-order valence-electron chi connectivity index (χ0n) is 14.6. The van der Waals surface area contributed by atoms with Gasteiger partial charge >= 0.3 is 5.97 Å². The van der Waals surface area contributed by atoms with Crippen LogP contribution in [0, 0.1) is 5.92 Å². The molecule has 1 aliphatic carbocycles. The fourth-order valence-electron chi connectivity index (χ4n) is 3.74. The van der Waals surface area contributed by atoms with Gasteiger partial charge in [0, 0.05) is 23.7 Å². The lowest BCUT2D eigenvalue weighted by Crippen LogP contribution is -2.39. The molecule has 0 amide bonds. The Balaban J connectivity index is 2.11. The van der Waals surface area contributed by atoms with Gasteiger partial charge in [-0.05, 0) is 43.9 Å². The average Bonchev–Trinajstić information content (AvgIpc) is 2.58. The Morgan fingerprint density at radius 1 is 1.32 bits per heavy atom. The van der Waals surface area contributed by atoms with Crippen molar-refractivity contribution in [2.75, 3.05) is 6.61 Å². The van der Waals surface area contributed by atoms with Gasteiger partial charge in [0.15, 0.2) is 0 Å². The minimum atomic E-state index is -0.447. The Bertz CT molecular complexity index is 763. The number of benzene rings is 1. The van der Waals surface area contributed by atoms with Crippen LogP contribution in [0.5, 0.6) is 5.75 Å². The average molecular weight is 341 g/mol. The Labute approximate surface area is 147 Å². The number of ketones is 1. The Hall–Kier alpha value is -2.43. The van der Waals surface area contributed by atoms with Gasteiger partial charge in [-0.25, -0.2) is 4.79 Å². The first-order valence-corrected chi connectivity index (χ1v) is 8.80. The van der Waals surface area contributed by atoms with E-state index in [2.05, 4.69) is 4.99 Å². The van der Waals surface area contributed by atoms with E-state index < -0.39 is 17.8 Å². The molecule has 0 aromatic heterocycles. The number of fused-ring (bicyclic) bond motifs is 1. The van der Waals surface area contributed by atoms with E-state index in [0.29, 0.717) is 24.3 Å². The van der Waals surface area contributed by atoms with Gasteiger partial charge in [0.25, 0.3) is 0 Å². The molecule has 5 nitrogen and oxygen atoms in total. The van der Waals surface area contributed by atoms with E-state index in [1.165, 1.54) is 0 Å². The molecule has 1 heterocycles. The number of aromatic hydroxyl groups is 1. The number of phenols is 1. The van der Waals surface area contributed by atoms with Crippen molar-refractivity contribution in [2.24, 2.45) is 10.9 Å². The standard InChI is InChI=1S/C20H23NO4/c1-3-10-25-20(24)17-12(2)21-15-8-5-9-16(23)19(15)18(17)13-6-4-7-14(22)11-13/h4,6-7,11,18-19,22H,3,5,8-10H2,1-2H3. The lowest BCUT2D eigenvalue weighted by atomic mass is 9.69. The predicted molar refractivity (Wildman–Crippen MR) is 94.6 cm³/mol. The van der Waals surface area contributed by atoms with Crippen molar-refractivity contribution in [3.8, 4) is 5.75 Å². The maximum Gasteiger partial charge on any atom is 0.336 e. The van der Waals surface area contributed by atoms with E-state index >= 15 is 0 Å². The molecule has 1 N–H and O–H groups in total.